The molecule has 1 saturated heterocycles. The normalized spacial score (nSPS) is 18.6. The van der Waals surface area contributed by atoms with E-state index in [9.17, 15) is 13.2 Å². The highest BCUT2D eigenvalue weighted by molar-refractivity contribution is 7.89. The summed E-state index contributed by atoms with van der Waals surface area (Å²) in [5, 5.41) is 8.33. The summed E-state index contributed by atoms with van der Waals surface area (Å²) >= 11 is 0. The number of cyclic esters (lactones) is 1. The van der Waals surface area contributed by atoms with Crippen LogP contribution in [0.5, 0.6) is 0 Å². The summed E-state index contributed by atoms with van der Waals surface area (Å²) in [5.41, 5.74) is 8.70. The van der Waals surface area contributed by atoms with Gasteiger partial charge in [-0.2, -0.15) is 0 Å². The lowest BCUT2D eigenvalue weighted by Gasteiger charge is -2.12. The molecule has 0 bridgehead atoms. The first-order chi connectivity index (χ1) is 9.41. The number of nitrogens with zero attached hydrogens (tertiary/aromatic N) is 4. The zero-order valence-corrected chi connectivity index (χ0v) is 11.0. The fraction of sp³-hybridized carbons (Fsp3) is 0.300. The molecular weight excluding hydrogens is 286 g/mol. The van der Waals surface area contributed by atoms with Gasteiger partial charge in [0.05, 0.1) is 18.0 Å². The standard InChI is InChI=1S/C10H11N5O4S/c11-14-13-5-8-6-15(10(16)19-8)7-1-3-9(4-2-7)20(12,17)18/h1-4,8H,5-6H2,(H2,12,17,18). The van der Waals surface area contributed by atoms with Gasteiger partial charge >= 0.3 is 6.09 Å². The molecule has 1 aliphatic rings. The predicted molar refractivity (Wildman–Crippen MR) is 69.4 cm³/mol. The molecule has 1 unspecified atom stereocenters. The van der Waals surface area contributed by atoms with E-state index in [1.807, 2.05) is 0 Å². The Morgan fingerprint density at radius 3 is 2.65 bits per heavy atom. The third-order valence-corrected chi connectivity index (χ3v) is 3.63. The van der Waals surface area contributed by atoms with Gasteiger partial charge in [0, 0.05) is 10.6 Å². The van der Waals surface area contributed by atoms with Gasteiger partial charge in [0.15, 0.2) is 0 Å². The smallest absolute Gasteiger partial charge is 0.414 e. The van der Waals surface area contributed by atoms with Gasteiger partial charge in [-0.3, -0.25) is 4.90 Å². The van der Waals surface area contributed by atoms with E-state index in [0.717, 1.165) is 0 Å². The van der Waals surface area contributed by atoms with Crippen LogP contribution in [-0.2, 0) is 14.8 Å². The first-order valence-electron chi connectivity index (χ1n) is 5.53. The predicted octanol–water partition coefficient (Wildman–Crippen LogP) is 0.970. The summed E-state index contributed by atoms with van der Waals surface area (Å²) < 4.78 is 27.3. The summed E-state index contributed by atoms with van der Waals surface area (Å²) in [6.45, 7) is 0.278. The van der Waals surface area contributed by atoms with Gasteiger partial charge < -0.3 is 4.74 Å². The third kappa shape index (κ3) is 2.99. The molecule has 1 aromatic rings. The molecule has 10 heteroatoms. The van der Waals surface area contributed by atoms with Crippen LogP contribution in [0.3, 0.4) is 0 Å². The monoisotopic (exact) mass is 297 g/mol. The number of carbonyl (C=O) groups excluding carboxylic acids is 1. The average Bonchev–Trinajstić information content (AvgIpc) is 2.77. The van der Waals surface area contributed by atoms with Crippen molar-refractivity contribution in [2.45, 2.75) is 11.0 Å². The molecule has 2 N–H and O–H groups in total. The number of anilines is 1. The van der Waals surface area contributed by atoms with Crippen molar-refractivity contribution in [2.75, 3.05) is 18.0 Å². The first kappa shape index (κ1) is 14.1. The molecule has 2 rings (SSSR count). The number of rotatable bonds is 4. The molecule has 0 spiro atoms. The summed E-state index contributed by atoms with van der Waals surface area (Å²) in [6.07, 6.45) is -1.09. The molecular formula is C10H11N5O4S. The van der Waals surface area contributed by atoms with Crippen LogP contribution in [0.4, 0.5) is 10.5 Å². The number of carbonyl (C=O) groups is 1. The van der Waals surface area contributed by atoms with Gasteiger partial charge in [-0.1, -0.05) is 5.11 Å². The molecule has 20 heavy (non-hydrogen) atoms. The molecule has 1 aliphatic heterocycles. The molecule has 106 valence electrons. The van der Waals surface area contributed by atoms with Crippen LogP contribution in [0.2, 0.25) is 0 Å². The molecule has 0 aromatic heterocycles. The van der Waals surface area contributed by atoms with Crippen LogP contribution in [0, 0.1) is 0 Å². The minimum atomic E-state index is -3.77. The van der Waals surface area contributed by atoms with Gasteiger partial charge in [-0.25, -0.2) is 18.4 Å². The van der Waals surface area contributed by atoms with Crippen LogP contribution in [-0.4, -0.2) is 33.7 Å². The topological polar surface area (TPSA) is 138 Å². The number of amides is 1. The van der Waals surface area contributed by atoms with Crippen LogP contribution in [0.1, 0.15) is 0 Å². The number of primary sulfonamides is 1. The number of hydrogen-bond donors (Lipinski definition) is 1. The van der Waals surface area contributed by atoms with Crippen molar-refractivity contribution < 1.29 is 17.9 Å². The summed E-state index contributed by atoms with van der Waals surface area (Å²) in [7, 11) is -3.77. The lowest BCUT2D eigenvalue weighted by atomic mass is 10.3. The molecule has 1 heterocycles. The Hall–Kier alpha value is -2.29. The Morgan fingerprint density at radius 2 is 2.10 bits per heavy atom. The highest BCUT2D eigenvalue weighted by atomic mass is 32.2. The summed E-state index contributed by atoms with van der Waals surface area (Å²) in [6, 6.07) is 5.52. The van der Waals surface area contributed by atoms with E-state index in [2.05, 4.69) is 10.0 Å². The van der Waals surface area contributed by atoms with E-state index in [0.29, 0.717) is 5.69 Å². The number of ether oxygens (including phenoxy) is 1. The number of sulfonamides is 1. The van der Waals surface area contributed by atoms with Crippen LogP contribution >= 0.6 is 0 Å². The second-order valence-electron chi connectivity index (χ2n) is 4.07. The van der Waals surface area contributed by atoms with Crippen molar-refractivity contribution in [3.8, 4) is 0 Å². The lowest BCUT2D eigenvalue weighted by Crippen LogP contribution is -2.25. The minimum absolute atomic E-state index is 0.0422. The molecule has 1 aromatic carbocycles. The molecule has 0 aliphatic carbocycles. The van der Waals surface area contributed by atoms with Crippen molar-refractivity contribution in [1.29, 1.82) is 0 Å². The molecule has 1 atom stereocenters. The first-order valence-corrected chi connectivity index (χ1v) is 7.08. The SMILES string of the molecule is [N-]=[N+]=NCC1CN(c2ccc(S(N)(=O)=O)cc2)C(=O)O1. The largest absolute Gasteiger partial charge is 0.444 e. The van der Waals surface area contributed by atoms with Crippen molar-refractivity contribution in [3.05, 3.63) is 34.7 Å². The van der Waals surface area contributed by atoms with Crippen molar-refractivity contribution in [3.63, 3.8) is 0 Å². The van der Waals surface area contributed by atoms with Crippen molar-refractivity contribution in [1.82, 2.24) is 0 Å². The molecule has 0 radical (unpaired) electrons. The summed E-state index contributed by atoms with van der Waals surface area (Å²) in [5.74, 6) is 0. The van der Waals surface area contributed by atoms with E-state index < -0.39 is 22.2 Å². The molecule has 0 saturated carbocycles. The lowest BCUT2D eigenvalue weighted by molar-refractivity contribution is 0.145. The fourth-order valence-electron chi connectivity index (χ4n) is 1.77. The van der Waals surface area contributed by atoms with E-state index in [1.54, 1.807) is 0 Å². The van der Waals surface area contributed by atoms with Crippen LogP contribution in [0.25, 0.3) is 10.4 Å². The van der Waals surface area contributed by atoms with E-state index in [-0.39, 0.29) is 18.0 Å². The third-order valence-electron chi connectivity index (χ3n) is 2.70. The van der Waals surface area contributed by atoms with Gasteiger partial charge in [0.2, 0.25) is 10.0 Å². The van der Waals surface area contributed by atoms with Crippen molar-refractivity contribution >= 4 is 21.8 Å². The maximum absolute atomic E-state index is 11.7. The van der Waals surface area contributed by atoms with E-state index in [4.69, 9.17) is 15.4 Å². The quantitative estimate of drug-likeness (QED) is 0.502. The van der Waals surface area contributed by atoms with Gasteiger partial charge in [0.25, 0.3) is 0 Å². The van der Waals surface area contributed by atoms with Crippen LogP contribution in [0.15, 0.2) is 34.3 Å². The molecule has 1 fully saturated rings. The Bertz CT molecular complexity index is 665. The van der Waals surface area contributed by atoms with Gasteiger partial charge in [0.1, 0.15) is 6.10 Å². The van der Waals surface area contributed by atoms with Gasteiger partial charge in [-0.15, -0.1) is 0 Å². The molecule has 1 amide bonds. The second-order valence-corrected chi connectivity index (χ2v) is 5.63. The number of hydrogen-bond acceptors (Lipinski definition) is 5. The Kier molecular flexibility index (Phi) is 3.79. The number of benzene rings is 1. The Labute approximate surface area is 114 Å². The van der Waals surface area contributed by atoms with Crippen molar-refractivity contribution in [2.24, 2.45) is 10.3 Å². The number of azide groups is 1. The number of nitrogens with two attached hydrogens (primary N) is 1. The minimum Gasteiger partial charge on any atom is -0.444 e. The zero-order valence-electron chi connectivity index (χ0n) is 10.2. The van der Waals surface area contributed by atoms with E-state index >= 15 is 0 Å². The Balaban J connectivity index is 2.16. The highest BCUT2D eigenvalue weighted by Crippen LogP contribution is 2.23. The maximum atomic E-state index is 11.7. The average molecular weight is 297 g/mol. The van der Waals surface area contributed by atoms with Crippen LogP contribution < -0.4 is 10.0 Å². The maximum Gasteiger partial charge on any atom is 0.414 e. The zero-order chi connectivity index (χ0) is 14.8. The Morgan fingerprint density at radius 1 is 1.45 bits per heavy atom. The van der Waals surface area contributed by atoms with E-state index in [1.165, 1.54) is 29.2 Å². The highest BCUT2D eigenvalue weighted by Gasteiger charge is 2.31. The fourth-order valence-corrected chi connectivity index (χ4v) is 2.29. The second kappa shape index (κ2) is 5.37. The van der Waals surface area contributed by atoms with Gasteiger partial charge in [-0.05, 0) is 29.8 Å². The molecule has 9 nitrogen and oxygen atoms in total. The summed E-state index contributed by atoms with van der Waals surface area (Å²) in [4.78, 5) is 15.5.